The molecule has 2 aromatic carbocycles. The molecule has 3 aliphatic rings. The van der Waals surface area contributed by atoms with Gasteiger partial charge in [0.25, 0.3) is 5.91 Å². The van der Waals surface area contributed by atoms with Crippen molar-refractivity contribution in [3.63, 3.8) is 0 Å². The van der Waals surface area contributed by atoms with E-state index in [1.54, 1.807) is 41.9 Å². The van der Waals surface area contributed by atoms with E-state index in [2.05, 4.69) is 94.7 Å². The van der Waals surface area contributed by atoms with Gasteiger partial charge in [0.05, 0.1) is 34.8 Å². The molecular formula is C46H47ClN10O4S. The molecule has 14 nitrogen and oxygen atoms in total. The topological polar surface area (TPSA) is 175 Å². The van der Waals surface area contributed by atoms with Gasteiger partial charge in [0, 0.05) is 83.1 Å². The zero-order valence-electron chi connectivity index (χ0n) is 35.7. The molecule has 16 heteroatoms. The molecule has 0 bridgehead atoms. The number of anilines is 1. The van der Waals surface area contributed by atoms with Crippen LogP contribution in [0.4, 0.5) is 5.95 Å². The van der Waals surface area contributed by atoms with Crippen LogP contribution in [0, 0.1) is 54.8 Å². The van der Waals surface area contributed by atoms with Crippen molar-refractivity contribution < 1.29 is 19.4 Å². The summed E-state index contributed by atoms with van der Waals surface area (Å²) in [7, 11) is 0. The maximum Gasteiger partial charge on any atom is 0.306 e. The number of carbonyl (C=O) groups is 2. The van der Waals surface area contributed by atoms with Crippen LogP contribution in [0.15, 0.2) is 59.9 Å². The monoisotopic (exact) mass is 870 g/mol. The highest BCUT2D eigenvalue weighted by molar-refractivity contribution is 7.15. The number of aromatic nitrogens is 5. The highest BCUT2D eigenvalue weighted by Crippen LogP contribution is 2.55. The lowest BCUT2D eigenvalue weighted by atomic mass is 9.49. The quantitative estimate of drug-likeness (QED) is 0.151. The first kappa shape index (κ1) is 42.6. The molecule has 2 fully saturated rings. The number of halogens is 1. The Morgan fingerprint density at radius 3 is 2.34 bits per heavy atom. The molecule has 0 spiro atoms. The molecule has 0 unspecified atom stereocenters. The van der Waals surface area contributed by atoms with Crippen LogP contribution in [-0.4, -0.2) is 97.2 Å². The Kier molecular flexibility index (Phi) is 11.4. The van der Waals surface area contributed by atoms with Crippen LogP contribution in [-0.2, 0) is 4.79 Å². The van der Waals surface area contributed by atoms with E-state index in [4.69, 9.17) is 21.3 Å². The van der Waals surface area contributed by atoms with Crippen LogP contribution < -0.4 is 15.0 Å². The first-order valence-electron chi connectivity index (χ1n) is 20.4. The summed E-state index contributed by atoms with van der Waals surface area (Å²) >= 11 is 7.88. The van der Waals surface area contributed by atoms with Crippen molar-refractivity contribution >= 4 is 46.5 Å². The summed E-state index contributed by atoms with van der Waals surface area (Å²) in [6.45, 7) is 17.9. The number of nitrogens with one attached hydrogen (secondary N) is 1. The third kappa shape index (κ3) is 7.92. The van der Waals surface area contributed by atoms with E-state index in [-0.39, 0.29) is 24.5 Å². The number of carbonyl (C=O) groups excluding carboxylic acids is 1. The van der Waals surface area contributed by atoms with Gasteiger partial charge in [0.2, 0.25) is 5.95 Å². The summed E-state index contributed by atoms with van der Waals surface area (Å²) in [6.07, 6.45) is 2.76. The zero-order chi connectivity index (χ0) is 44.1. The second kappa shape index (κ2) is 16.6. The molecule has 2 aliphatic heterocycles. The number of nitrogens with zero attached hydrogens (tertiary/aromatic N) is 9. The summed E-state index contributed by atoms with van der Waals surface area (Å²) in [5.41, 5.74) is 4.56. The number of aryl methyl sites for hydroxylation is 2. The largest absolute Gasteiger partial charge is 0.489 e. The number of amides is 1. The molecule has 1 saturated carbocycles. The number of aliphatic imine (C=N–C) groups is 1. The minimum atomic E-state index is -0.950. The highest BCUT2D eigenvalue weighted by atomic mass is 35.5. The number of nitriles is 1. The smallest absolute Gasteiger partial charge is 0.306 e. The van der Waals surface area contributed by atoms with E-state index in [9.17, 15) is 20.0 Å². The van der Waals surface area contributed by atoms with Gasteiger partial charge >= 0.3 is 5.97 Å². The molecule has 5 aromatic rings. The van der Waals surface area contributed by atoms with E-state index >= 15 is 0 Å². The fraction of sp³-hybridized carbons (Fsp3) is 0.391. The van der Waals surface area contributed by atoms with Crippen LogP contribution in [0.5, 0.6) is 5.75 Å². The minimum Gasteiger partial charge on any atom is -0.489 e. The molecule has 318 valence electrons. The first-order valence-corrected chi connectivity index (χ1v) is 21.6. The van der Waals surface area contributed by atoms with E-state index < -0.39 is 22.8 Å². The Morgan fingerprint density at radius 1 is 1.00 bits per heavy atom. The molecular weight excluding hydrogens is 824 g/mol. The lowest BCUT2D eigenvalue weighted by Crippen LogP contribution is -2.74. The van der Waals surface area contributed by atoms with E-state index in [1.807, 2.05) is 35.8 Å². The Bertz CT molecular complexity index is 2680. The van der Waals surface area contributed by atoms with Crippen LogP contribution in [0.3, 0.4) is 0 Å². The van der Waals surface area contributed by atoms with Crippen molar-refractivity contribution in [1.82, 2.24) is 34.9 Å². The molecule has 3 aromatic heterocycles. The molecule has 5 heterocycles. The second-order valence-corrected chi connectivity index (χ2v) is 18.8. The summed E-state index contributed by atoms with van der Waals surface area (Å²) < 4.78 is 8.32. The summed E-state index contributed by atoms with van der Waals surface area (Å²) in [6, 6.07) is 14.2. The predicted octanol–water partition coefficient (Wildman–Crippen LogP) is 6.72. The lowest BCUT2D eigenvalue weighted by Gasteiger charge is -2.63. The minimum absolute atomic E-state index is 0.184. The number of carboxylic acid groups (broad SMARTS) is 1. The first-order chi connectivity index (χ1) is 29.6. The lowest BCUT2D eigenvalue weighted by molar-refractivity contribution is -0.164. The number of thiophene rings is 1. The molecule has 0 radical (unpaired) electrons. The van der Waals surface area contributed by atoms with Gasteiger partial charge in [-0.25, -0.2) is 9.97 Å². The number of rotatable bonds is 9. The van der Waals surface area contributed by atoms with Crippen LogP contribution in [0.1, 0.15) is 94.9 Å². The van der Waals surface area contributed by atoms with Crippen LogP contribution in [0.2, 0.25) is 5.02 Å². The molecule has 8 rings (SSSR count). The highest BCUT2D eigenvalue weighted by Gasteiger charge is 2.64. The van der Waals surface area contributed by atoms with Gasteiger partial charge in [-0.1, -0.05) is 63.3 Å². The molecule has 62 heavy (non-hydrogen) atoms. The van der Waals surface area contributed by atoms with E-state index in [0.717, 1.165) is 64.0 Å². The predicted molar refractivity (Wildman–Crippen MR) is 237 cm³/mol. The summed E-state index contributed by atoms with van der Waals surface area (Å²) in [5.74, 6) is 7.82. The Balaban J connectivity index is 0.854. The maximum atomic E-state index is 13.4. The number of fused-ring (bicyclic) bond motifs is 3. The van der Waals surface area contributed by atoms with Crippen molar-refractivity contribution in [1.29, 1.82) is 5.26 Å². The fourth-order valence-corrected chi connectivity index (χ4v) is 10.6. The molecule has 1 atom stereocenters. The molecule has 2 N–H and O–H groups in total. The van der Waals surface area contributed by atoms with Gasteiger partial charge in [0.1, 0.15) is 34.8 Å². The number of benzene rings is 2. The van der Waals surface area contributed by atoms with Crippen LogP contribution >= 0.6 is 22.9 Å². The Hall–Kier alpha value is -6.13. The third-order valence-electron chi connectivity index (χ3n) is 12.3. The average Bonchev–Trinajstić information content (AvgIpc) is 3.73. The average molecular weight is 871 g/mol. The second-order valence-electron chi connectivity index (χ2n) is 17.2. The standard InChI is InChI=1S/C46H47ClN10O4S/c1-26-27(2)62-41-37(26)38(51-35(22-36(58)59)39-54-53-28(3)57(39)41)30-12-10-29(11-13-30)9-8-16-55-17-19-56(20-18-55)44-49-24-32(25-50-44)40(60)52-42-45(4,5)43(46(42,6)7)61-33-15-14-31(23-48)34(47)21-33/h10-15,21,24-25,35,42-43H,16-20,22H2,1-7H3,(H,52,60)(H,58,59)/t35-,42?,43?/m0/s1. The molecule has 1 aliphatic carbocycles. The van der Waals surface area contributed by atoms with Gasteiger partial charge in [-0.15, -0.1) is 21.5 Å². The normalized spacial score (nSPS) is 20.0. The van der Waals surface area contributed by atoms with Crippen molar-refractivity contribution in [3.8, 4) is 28.7 Å². The number of hydrogen-bond acceptors (Lipinski definition) is 12. The van der Waals surface area contributed by atoms with Crippen molar-refractivity contribution in [2.24, 2.45) is 15.8 Å². The van der Waals surface area contributed by atoms with Crippen molar-refractivity contribution in [2.45, 2.75) is 73.1 Å². The van der Waals surface area contributed by atoms with Gasteiger partial charge in [-0.3, -0.25) is 24.0 Å². The van der Waals surface area contributed by atoms with Gasteiger partial charge in [0.15, 0.2) is 5.82 Å². The molecule has 1 saturated heterocycles. The van der Waals surface area contributed by atoms with E-state index in [0.29, 0.717) is 46.0 Å². The number of aliphatic carboxylic acids is 1. The number of ether oxygens (including phenoxy) is 1. The van der Waals surface area contributed by atoms with Gasteiger partial charge in [-0.2, -0.15) is 5.26 Å². The number of hydrogen-bond donors (Lipinski definition) is 2. The van der Waals surface area contributed by atoms with Crippen LogP contribution in [0.25, 0.3) is 5.00 Å². The number of carboxylic acids is 1. The van der Waals surface area contributed by atoms with Gasteiger partial charge in [-0.05, 0) is 50.6 Å². The maximum absolute atomic E-state index is 13.4. The fourth-order valence-electron chi connectivity index (χ4n) is 9.17. The molecule has 1 amide bonds. The van der Waals surface area contributed by atoms with E-state index in [1.165, 1.54) is 0 Å². The Labute approximate surface area is 369 Å². The van der Waals surface area contributed by atoms with Crippen molar-refractivity contribution in [2.75, 3.05) is 37.6 Å². The Morgan fingerprint density at radius 2 is 1.69 bits per heavy atom. The number of piperazine rings is 1. The zero-order valence-corrected chi connectivity index (χ0v) is 37.2. The summed E-state index contributed by atoms with van der Waals surface area (Å²) in [5, 5.41) is 32.1. The SMILES string of the molecule is Cc1sc2c(c1C)C(c1ccc(C#CCN3CCN(c4ncc(C(=O)NC5C(C)(C)C(Oc6ccc(C#N)c(Cl)c6)C5(C)C)cn4)CC3)cc1)=N[C@@H](CC(=O)O)c1nnc(C)n1-2. The third-order valence-corrected chi connectivity index (χ3v) is 13.8. The van der Waals surface area contributed by atoms with Gasteiger partial charge < -0.3 is 20.1 Å². The summed E-state index contributed by atoms with van der Waals surface area (Å²) in [4.78, 5) is 45.1. The van der Waals surface area contributed by atoms with Crippen molar-refractivity contribution in [3.05, 3.63) is 110 Å².